The van der Waals surface area contributed by atoms with Crippen molar-refractivity contribution in [2.45, 2.75) is 10.8 Å². The molecular weight excluding hydrogens is 282 g/mol. The van der Waals surface area contributed by atoms with Crippen molar-refractivity contribution in [1.29, 1.82) is 0 Å². The van der Waals surface area contributed by atoms with Crippen LogP contribution in [0.5, 0.6) is 0 Å². The molecule has 0 saturated carbocycles. The van der Waals surface area contributed by atoms with E-state index in [0.29, 0.717) is 11.5 Å². The quantitative estimate of drug-likeness (QED) is 0.635. The van der Waals surface area contributed by atoms with Gasteiger partial charge in [-0.25, -0.2) is 4.98 Å². The molecule has 0 aliphatic heterocycles. The molecule has 2 aromatic rings. The number of carbonyl (C=O) groups is 1. The summed E-state index contributed by atoms with van der Waals surface area (Å²) in [5.74, 6) is 0.940. The number of thioether (sulfide) groups is 1. The van der Waals surface area contributed by atoms with Crippen LogP contribution in [0.25, 0.3) is 0 Å². The number of methoxy groups -OCH3 is 1. The number of ether oxygens (including phenoxy) is 1. The minimum Gasteiger partial charge on any atom is -0.471 e. The number of rotatable bonds is 4. The number of nitrogens with zero attached hydrogens (tertiary/aromatic N) is 1. The Morgan fingerprint density at radius 2 is 1.95 bits per heavy atom. The first-order chi connectivity index (χ1) is 9.26. The van der Waals surface area contributed by atoms with Gasteiger partial charge < -0.3 is 4.74 Å². The van der Waals surface area contributed by atoms with Crippen molar-refractivity contribution in [3.05, 3.63) is 59.2 Å². The lowest BCUT2D eigenvalue weighted by atomic mass is 10.2. The number of aromatic nitrogens is 1. The van der Waals surface area contributed by atoms with Crippen molar-refractivity contribution in [3.63, 3.8) is 0 Å². The molecule has 100 valence electrons. The van der Waals surface area contributed by atoms with Crippen LogP contribution in [0.2, 0.25) is 5.02 Å². The third-order valence-corrected chi connectivity index (χ3v) is 3.26. The first kappa shape index (κ1) is 15.5. The van der Waals surface area contributed by atoms with Crippen LogP contribution in [0.3, 0.4) is 0 Å². The lowest BCUT2D eigenvalue weighted by molar-refractivity contribution is -0.126. The lowest BCUT2D eigenvalue weighted by Crippen LogP contribution is -1.82. The van der Waals surface area contributed by atoms with Crippen molar-refractivity contribution < 1.29 is 9.53 Å². The van der Waals surface area contributed by atoms with Crippen LogP contribution in [-0.4, -0.2) is 18.6 Å². The van der Waals surface area contributed by atoms with E-state index in [1.165, 1.54) is 12.7 Å². The normalized spacial score (nSPS) is 9.16. The summed E-state index contributed by atoms with van der Waals surface area (Å²) in [6, 6.07) is 14.1. The Morgan fingerprint density at radius 1 is 1.26 bits per heavy atom. The maximum atomic E-state index is 8.95. The highest BCUT2D eigenvalue weighted by atomic mass is 35.5. The molecule has 0 amide bonds. The predicted octanol–water partition coefficient (Wildman–Crippen LogP) is 3.82. The standard InChI is InChI=1S/C12H10ClNS.C2H4O2/c13-11-6-7-12(14-8-11)15-9-10-4-2-1-3-5-10;1-4-2-3/h1-8H,9H2;2H,1H3. The molecule has 0 N–H and O–H groups in total. The number of pyridine rings is 1. The second-order valence-electron chi connectivity index (χ2n) is 3.42. The highest BCUT2D eigenvalue weighted by Gasteiger charge is 1.96. The Labute approximate surface area is 122 Å². The summed E-state index contributed by atoms with van der Waals surface area (Å²) in [6.45, 7) is 0.375. The van der Waals surface area contributed by atoms with E-state index in [2.05, 4.69) is 21.9 Å². The number of benzene rings is 1. The maximum absolute atomic E-state index is 8.95. The van der Waals surface area contributed by atoms with Gasteiger partial charge >= 0.3 is 0 Å². The van der Waals surface area contributed by atoms with Gasteiger partial charge in [0.25, 0.3) is 6.47 Å². The molecule has 1 aromatic heterocycles. The average molecular weight is 296 g/mol. The average Bonchev–Trinajstić information content (AvgIpc) is 2.48. The molecule has 0 aliphatic carbocycles. The molecule has 0 radical (unpaired) electrons. The van der Waals surface area contributed by atoms with E-state index in [4.69, 9.17) is 16.4 Å². The number of hydrogen-bond acceptors (Lipinski definition) is 4. The highest BCUT2D eigenvalue weighted by Crippen LogP contribution is 2.21. The van der Waals surface area contributed by atoms with Crippen LogP contribution in [-0.2, 0) is 15.3 Å². The molecule has 0 fully saturated rings. The summed E-state index contributed by atoms with van der Waals surface area (Å²) in [5.41, 5.74) is 1.30. The monoisotopic (exact) mass is 295 g/mol. The van der Waals surface area contributed by atoms with Gasteiger partial charge in [0.15, 0.2) is 0 Å². The number of carbonyl (C=O) groups excluding carboxylic acids is 1. The van der Waals surface area contributed by atoms with Crippen molar-refractivity contribution in [2.75, 3.05) is 7.11 Å². The Kier molecular flexibility index (Phi) is 7.70. The van der Waals surface area contributed by atoms with E-state index in [1.807, 2.05) is 30.3 Å². The SMILES string of the molecule is COC=O.Clc1ccc(SCc2ccccc2)nc1. The van der Waals surface area contributed by atoms with Crippen LogP contribution in [0, 0.1) is 0 Å². The topological polar surface area (TPSA) is 39.2 Å². The summed E-state index contributed by atoms with van der Waals surface area (Å²) in [7, 11) is 1.31. The van der Waals surface area contributed by atoms with Crippen molar-refractivity contribution in [1.82, 2.24) is 4.98 Å². The Morgan fingerprint density at radius 3 is 2.47 bits per heavy atom. The van der Waals surface area contributed by atoms with Gasteiger partial charge in [-0.2, -0.15) is 0 Å². The summed E-state index contributed by atoms with van der Waals surface area (Å²) in [5, 5.41) is 1.68. The van der Waals surface area contributed by atoms with E-state index in [0.717, 1.165) is 10.8 Å². The van der Waals surface area contributed by atoms with E-state index in [-0.39, 0.29) is 0 Å². The second-order valence-corrected chi connectivity index (χ2v) is 4.85. The summed E-state index contributed by atoms with van der Waals surface area (Å²) >= 11 is 7.47. The first-order valence-corrected chi connectivity index (χ1v) is 6.87. The fourth-order valence-electron chi connectivity index (χ4n) is 1.18. The van der Waals surface area contributed by atoms with Crippen LogP contribution in [0.4, 0.5) is 0 Å². The summed E-state index contributed by atoms with van der Waals surface area (Å²) in [4.78, 5) is 13.2. The molecule has 0 bridgehead atoms. The maximum Gasteiger partial charge on any atom is 0.292 e. The molecule has 1 aromatic carbocycles. The van der Waals surface area contributed by atoms with Gasteiger partial charge in [-0.05, 0) is 17.7 Å². The zero-order valence-corrected chi connectivity index (χ0v) is 12.0. The minimum atomic E-state index is 0.375. The molecule has 19 heavy (non-hydrogen) atoms. The van der Waals surface area contributed by atoms with Crippen LogP contribution >= 0.6 is 23.4 Å². The zero-order chi connectivity index (χ0) is 13.9. The minimum absolute atomic E-state index is 0.375. The Hall–Kier alpha value is -1.52. The smallest absolute Gasteiger partial charge is 0.292 e. The molecule has 0 spiro atoms. The van der Waals surface area contributed by atoms with E-state index in [1.54, 1.807) is 18.0 Å². The molecule has 0 saturated heterocycles. The highest BCUT2D eigenvalue weighted by molar-refractivity contribution is 7.98. The second kappa shape index (κ2) is 9.42. The summed E-state index contributed by atoms with van der Waals surface area (Å²) in [6.07, 6.45) is 1.68. The van der Waals surface area contributed by atoms with E-state index < -0.39 is 0 Å². The van der Waals surface area contributed by atoms with Crippen molar-refractivity contribution in [2.24, 2.45) is 0 Å². The lowest BCUT2D eigenvalue weighted by Gasteiger charge is -2.00. The molecule has 5 heteroatoms. The zero-order valence-electron chi connectivity index (χ0n) is 10.5. The first-order valence-electron chi connectivity index (χ1n) is 5.51. The molecule has 1 heterocycles. The third-order valence-electron chi connectivity index (χ3n) is 2.03. The van der Waals surface area contributed by atoms with Crippen LogP contribution in [0.1, 0.15) is 5.56 Å². The van der Waals surface area contributed by atoms with Gasteiger partial charge in [-0.15, -0.1) is 11.8 Å². The Balaban J connectivity index is 0.000000399. The van der Waals surface area contributed by atoms with Gasteiger partial charge in [0.1, 0.15) is 0 Å². The third kappa shape index (κ3) is 6.84. The van der Waals surface area contributed by atoms with Crippen LogP contribution in [0.15, 0.2) is 53.7 Å². The van der Waals surface area contributed by atoms with Gasteiger partial charge in [-0.3, -0.25) is 4.79 Å². The van der Waals surface area contributed by atoms with Gasteiger partial charge in [-0.1, -0.05) is 41.9 Å². The van der Waals surface area contributed by atoms with Gasteiger partial charge in [0.05, 0.1) is 17.2 Å². The summed E-state index contributed by atoms with van der Waals surface area (Å²) < 4.78 is 3.86. The molecule has 0 aliphatic rings. The van der Waals surface area contributed by atoms with E-state index in [9.17, 15) is 0 Å². The van der Waals surface area contributed by atoms with Crippen molar-refractivity contribution in [3.8, 4) is 0 Å². The largest absolute Gasteiger partial charge is 0.471 e. The predicted molar refractivity (Wildman–Crippen MR) is 78.3 cm³/mol. The molecule has 3 nitrogen and oxygen atoms in total. The number of hydrogen-bond donors (Lipinski definition) is 0. The number of halogens is 1. The molecule has 2 rings (SSSR count). The fourth-order valence-corrected chi connectivity index (χ4v) is 2.09. The Bertz CT molecular complexity index is 477. The van der Waals surface area contributed by atoms with Crippen LogP contribution < -0.4 is 0 Å². The fraction of sp³-hybridized carbons (Fsp3) is 0.143. The molecule has 0 atom stereocenters. The molecule has 0 unspecified atom stereocenters. The van der Waals surface area contributed by atoms with Gasteiger partial charge in [0, 0.05) is 11.9 Å². The van der Waals surface area contributed by atoms with Crippen molar-refractivity contribution >= 4 is 29.8 Å². The van der Waals surface area contributed by atoms with E-state index >= 15 is 0 Å². The molecular formula is C14H14ClNO2S. The van der Waals surface area contributed by atoms with Gasteiger partial charge in [0.2, 0.25) is 0 Å².